The zero-order valence-electron chi connectivity index (χ0n) is 16.9. The normalized spacial score (nSPS) is 15.7. The third-order valence-electron chi connectivity index (χ3n) is 4.99. The molecule has 1 aliphatic heterocycles. The molecule has 1 amide bonds. The van der Waals surface area contributed by atoms with Gasteiger partial charge in [-0.15, -0.1) is 11.3 Å². The van der Waals surface area contributed by atoms with Crippen molar-refractivity contribution in [1.29, 1.82) is 0 Å². The predicted octanol–water partition coefficient (Wildman–Crippen LogP) is 4.05. The minimum Gasteiger partial charge on any atom is -0.497 e. The van der Waals surface area contributed by atoms with Gasteiger partial charge in [-0.25, -0.2) is 4.98 Å². The van der Waals surface area contributed by atoms with E-state index in [-0.39, 0.29) is 12.0 Å². The van der Waals surface area contributed by atoms with Crippen molar-refractivity contribution in [1.82, 2.24) is 9.97 Å². The van der Waals surface area contributed by atoms with Crippen LogP contribution >= 0.6 is 11.3 Å². The molecule has 1 aromatic carbocycles. The average Bonchev–Trinajstić information content (AvgIpc) is 3.49. The predicted molar refractivity (Wildman–Crippen MR) is 116 cm³/mol. The Kier molecular flexibility index (Phi) is 6.25. The van der Waals surface area contributed by atoms with Gasteiger partial charge in [0, 0.05) is 35.5 Å². The molecule has 1 aliphatic rings. The molecular weight excluding hydrogens is 402 g/mol. The van der Waals surface area contributed by atoms with Crippen LogP contribution in [-0.4, -0.2) is 49.4 Å². The van der Waals surface area contributed by atoms with Crippen LogP contribution in [0.3, 0.4) is 0 Å². The summed E-state index contributed by atoms with van der Waals surface area (Å²) in [7, 11) is 3.24. The van der Waals surface area contributed by atoms with Crippen molar-refractivity contribution >= 4 is 22.4 Å². The Morgan fingerprint density at radius 1 is 1.23 bits per heavy atom. The second-order valence-electron chi connectivity index (χ2n) is 6.87. The molecule has 1 atom stereocenters. The standard InChI is InChI=1S/C22H23N3O4S/c1-27-16-5-6-20(28-2)18(12-16)19-14-30-22(24-19)25(13-17-4-3-11-29-17)21(26)15-7-9-23-10-8-15/h5-10,12,14,17H,3-4,11,13H2,1-2H3. The van der Waals surface area contributed by atoms with E-state index in [9.17, 15) is 4.79 Å². The molecule has 3 heterocycles. The number of amides is 1. The van der Waals surface area contributed by atoms with Crippen molar-refractivity contribution in [3.05, 3.63) is 53.7 Å². The molecule has 0 saturated carbocycles. The van der Waals surface area contributed by atoms with Crippen molar-refractivity contribution < 1.29 is 19.0 Å². The molecule has 0 aliphatic carbocycles. The number of rotatable bonds is 7. The lowest BCUT2D eigenvalue weighted by molar-refractivity contribution is 0.0917. The monoisotopic (exact) mass is 425 g/mol. The highest BCUT2D eigenvalue weighted by Gasteiger charge is 2.27. The summed E-state index contributed by atoms with van der Waals surface area (Å²) < 4.78 is 16.6. The van der Waals surface area contributed by atoms with Gasteiger partial charge in [0.25, 0.3) is 5.91 Å². The molecular formula is C22H23N3O4S. The number of hydrogen-bond donors (Lipinski definition) is 0. The topological polar surface area (TPSA) is 73.8 Å². The van der Waals surface area contributed by atoms with Gasteiger partial charge in [-0.2, -0.15) is 0 Å². The molecule has 3 aromatic rings. The maximum Gasteiger partial charge on any atom is 0.260 e. The molecule has 0 bridgehead atoms. The molecule has 30 heavy (non-hydrogen) atoms. The third kappa shape index (κ3) is 4.29. The van der Waals surface area contributed by atoms with Gasteiger partial charge < -0.3 is 14.2 Å². The smallest absolute Gasteiger partial charge is 0.260 e. The van der Waals surface area contributed by atoms with Crippen LogP contribution in [0, 0.1) is 0 Å². The fraction of sp³-hybridized carbons (Fsp3) is 0.318. The highest BCUT2D eigenvalue weighted by Crippen LogP contribution is 2.36. The minimum atomic E-state index is -0.119. The SMILES string of the molecule is COc1ccc(OC)c(-c2csc(N(CC3CCCO3)C(=O)c3ccncc3)n2)c1. The Balaban J connectivity index is 1.68. The van der Waals surface area contributed by atoms with Crippen LogP contribution in [0.4, 0.5) is 5.13 Å². The van der Waals surface area contributed by atoms with Gasteiger partial charge in [0.1, 0.15) is 11.5 Å². The Labute approximate surface area is 179 Å². The molecule has 156 valence electrons. The number of methoxy groups -OCH3 is 2. The number of carbonyl (C=O) groups excluding carboxylic acids is 1. The van der Waals surface area contributed by atoms with Gasteiger partial charge in [-0.1, -0.05) is 0 Å². The molecule has 1 saturated heterocycles. The van der Waals surface area contributed by atoms with Gasteiger partial charge in [-0.05, 0) is 43.2 Å². The van der Waals surface area contributed by atoms with Crippen LogP contribution in [0.1, 0.15) is 23.2 Å². The zero-order valence-corrected chi connectivity index (χ0v) is 17.7. The number of pyridine rings is 1. The lowest BCUT2D eigenvalue weighted by atomic mass is 10.1. The number of hydrogen-bond acceptors (Lipinski definition) is 7. The number of carbonyl (C=O) groups is 1. The highest BCUT2D eigenvalue weighted by molar-refractivity contribution is 7.14. The van der Waals surface area contributed by atoms with Crippen LogP contribution in [0.5, 0.6) is 11.5 Å². The van der Waals surface area contributed by atoms with E-state index >= 15 is 0 Å². The number of aromatic nitrogens is 2. The maximum absolute atomic E-state index is 13.3. The first-order chi connectivity index (χ1) is 14.7. The molecule has 7 nitrogen and oxygen atoms in total. The maximum atomic E-state index is 13.3. The Morgan fingerprint density at radius 3 is 2.77 bits per heavy atom. The molecule has 4 rings (SSSR count). The quantitative estimate of drug-likeness (QED) is 0.569. The Morgan fingerprint density at radius 2 is 2.07 bits per heavy atom. The van der Waals surface area contributed by atoms with Gasteiger partial charge in [0.2, 0.25) is 0 Å². The summed E-state index contributed by atoms with van der Waals surface area (Å²) >= 11 is 1.42. The molecule has 0 N–H and O–H groups in total. The number of benzene rings is 1. The number of ether oxygens (including phenoxy) is 3. The lowest BCUT2D eigenvalue weighted by Crippen LogP contribution is -2.37. The van der Waals surface area contributed by atoms with E-state index in [1.54, 1.807) is 43.6 Å². The summed E-state index contributed by atoms with van der Waals surface area (Å²) in [6.07, 6.45) is 5.18. The fourth-order valence-electron chi connectivity index (χ4n) is 3.42. The molecule has 2 aromatic heterocycles. The molecule has 0 spiro atoms. The summed E-state index contributed by atoms with van der Waals surface area (Å²) in [5.74, 6) is 1.29. The van der Waals surface area contributed by atoms with E-state index < -0.39 is 0 Å². The van der Waals surface area contributed by atoms with E-state index in [0.717, 1.165) is 30.7 Å². The van der Waals surface area contributed by atoms with E-state index in [4.69, 9.17) is 19.2 Å². The fourth-order valence-corrected chi connectivity index (χ4v) is 4.25. The molecule has 1 unspecified atom stereocenters. The first-order valence-corrected chi connectivity index (χ1v) is 10.6. The average molecular weight is 426 g/mol. The lowest BCUT2D eigenvalue weighted by Gasteiger charge is -2.23. The van der Waals surface area contributed by atoms with Gasteiger partial charge in [0.05, 0.1) is 32.6 Å². The first-order valence-electron chi connectivity index (χ1n) is 9.71. The van der Waals surface area contributed by atoms with Crippen LogP contribution in [0.25, 0.3) is 11.3 Å². The number of nitrogens with zero attached hydrogens (tertiary/aromatic N) is 3. The van der Waals surface area contributed by atoms with Crippen LogP contribution in [-0.2, 0) is 4.74 Å². The summed E-state index contributed by atoms with van der Waals surface area (Å²) in [6, 6.07) is 8.99. The van der Waals surface area contributed by atoms with E-state index in [1.807, 2.05) is 23.6 Å². The second-order valence-corrected chi connectivity index (χ2v) is 7.70. The zero-order chi connectivity index (χ0) is 20.9. The van der Waals surface area contributed by atoms with Crippen molar-refractivity contribution in [2.45, 2.75) is 18.9 Å². The van der Waals surface area contributed by atoms with Gasteiger partial charge >= 0.3 is 0 Å². The number of thiazole rings is 1. The number of anilines is 1. The Hall–Kier alpha value is -2.97. The van der Waals surface area contributed by atoms with Crippen molar-refractivity contribution in [3.8, 4) is 22.8 Å². The Bertz CT molecular complexity index is 1000. The molecule has 8 heteroatoms. The van der Waals surface area contributed by atoms with Crippen molar-refractivity contribution in [2.24, 2.45) is 0 Å². The van der Waals surface area contributed by atoms with Crippen LogP contribution in [0.15, 0.2) is 48.1 Å². The largest absolute Gasteiger partial charge is 0.497 e. The van der Waals surface area contributed by atoms with Crippen molar-refractivity contribution in [3.63, 3.8) is 0 Å². The molecule has 1 fully saturated rings. The van der Waals surface area contributed by atoms with E-state index in [0.29, 0.717) is 28.7 Å². The van der Waals surface area contributed by atoms with Crippen molar-refractivity contribution in [2.75, 3.05) is 32.3 Å². The summed E-state index contributed by atoms with van der Waals surface area (Å²) in [5.41, 5.74) is 2.11. The van der Waals surface area contributed by atoms with Crippen LogP contribution in [0.2, 0.25) is 0 Å². The second kappa shape index (κ2) is 9.23. The van der Waals surface area contributed by atoms with E-state index in [1.165, 1.54) is 11.3 Å². The van der Waals surface area contributed by atoms with E-state index in [2.05, 4.69) is 4.98 Å². The third-order valence-corrected chi connectivity index (χ3v) is 5.85. The summed E-state index contributed by atoms with van der Waals surface area (Å²) in [5, 5.41) is 2.54. The summed E-state index contributed by atoms with van der Waals surface area (Å²) in [4.78, 5) is 23.7. The molecule has 0 radical (unpaired) electrons. The summed E-state index contributed by atoms with van der Waals surface area (Å²) in [6.45, 7) is 1.19. The van der Waals surface area contributed by atoms with Gasteiger partial charge in [-0.3, -0.25) is 14.7 Å². The highest BCUT2D eigenvalue weighted by atomic mass is 32.1. The minimum absolute atomic E-state index is 0.00879. The van der Waals surface area contributed by atoms with Gasteiger partial charge in [0.15, 0.2) is 5.13 Å². The van der Waals surface area contributed by atoms with Crippen LogP contribution < -0.4 is 14.4 Å². The first kappa shape index (κ1) is 20.3.